The van der Waals surface area contributed by atoms with E-state index in [0.717, 1.165) is 11.1 Å². The van der Waals surface area contributed by atoms with E-state index in [1.54, 1.807) is 13.0 Å². The van der Waals surface area contributed by atoms with Gasteiger partial charge in [-0.25, -0.2) is 5.53 Å². The van der Waals surface area contributed by atoms with E-state index >= 15 is 0 Å². The van der Waals surface area contributed by atoms with Crippen LogP contribution in [0.2, 0.25) is 0 Å². The molecule has 0 fully saturated rings. The van der Waals surface area contributed by atoms with Crippen LogP contribution in [-0.2, 0) is 0 Å². The van der Waals surface area contributed by atoms with Crippen LogP contribution in [0.1, 0.15) is 5.69 Å². The van der Waals surface area contributed by atoms with Gasteiger partial charge < -0.3 is 9.52 Å². The zero-order valence-electron chi connectivity index (χ0n) is 8.40. The molecule has 0 amide bonds. The zero-order valence-corrected chi connectivity index (χ0v) is 8.40. The summed E-state index contributed by atoms with van der Waals surface area (Å²) in [5.74, 6) is -0.0706. The molecule has 0 aliphatic carbocycles. The number of furan rings is 1. The van der Waals surface area contributed by atoms with Gasteiger partial charge in [-0.15, -0.1) is 0 Å². The minimum Gasteiger partial charge on any atom is -0.505 e. The average molecular weight is 216 g/mol. The number of aromatic hydroxyl groups is 1. The van der Waals surface area contributed by atoms with Gasteiger partial charge >= 0.3 is 0 Å². The van der Waals surface area contributed by atoms with E-state index in [-0.39, 0.29) is 11.4 Å². The minimum absolute atomic E-state index is 0.0706. The maximum Gasteiger partial charge on any atom is 0.171 e. The molecule has 80 valence electrons. The summed E-state index contributed by atoms with van der Waals surface area (Å²) in [6.07, 6.45) is 1.49. The monoisotopic (exact) mass is 216 g/mol. The number of nitrogens with one attached hydrogen (secondary N) is 2. The van der Waals surface area contributed by atoms with Crippen LogP contribution in [0.5, 0.6) is 5.75 Å². The molecule has 16 heavy (non-hydrogen) atoms. The van der Waals surface area contributed by atoms with Gasteiger partial charge in [0.2, 0.25) is 0 Å². The minimum atomic E-state index is -0.0706. The standard InChI is InChI=1S/C10H8N4O2/c1-4-6-7(14-13-4)5-2-3-16-10(5)8(12-11)9(6)15/h2-3,11,15H,1H3,(H,13,14). The average Bonchev–Trinajstić information content (AvgIpc) is 2.85. The van der Waals surface area contributed by atoms with E-state index in [0.29, 0.717) is 16.5 Å². The van der Waals surface area contributed by atoms with E-state index in [2.05, 4.69) is 15.3 Å². The molecule has 0 saturated heterocycles. The lowest BCUT2D eigenvalue weighted by molar-refractivity contribution is 0.481. The van der Waals surface area contributed by atoms with Crippen LogP contribution < -0.4 is 0 Å². The quantitative estimate of drug-likeness (QED) is 0.545. The number of phenols is 1. The van der Waals surface area contributed by atoms with Crippen LogP contribution >= 0.6 is 0 Å². The molecule has 0 aliphatic heterocycles. The van der Waals surface area contributed by atoms with Gasteiger partial charge in [-0.1, -0.05) is 0 Å². The Hall–Kier alpha value is -2.37. The van der Waals surface area contributed by atoms with Crippen molar-refractivity contribution in [3.05, 3.63) is 18.0 Å². The Morgan fingerprint density at radius 3 is 3.12 bits per heavy atom. The third kappa shape index (κ3) is 0.881. The summed E-state index contributed by atoms with van der Waals surface area (Å²) >= 11 is 0. The number of benzene rings is 1. The molecule has 0 atom stereocenters. The molecule has 0 bridgehead atoms. The molecule has 0 aliphatic rings. The summed E-state index contributed by atoms with van der Waals surface area (Å²) in [6.45, 7) is 1.80. The Bertz CT molecular complexity index is 710. The first-order valence-electron chi connectivity index (χ1n) is 4.68. The van der Waals surface area contributed by atoms with Crippen LogP contribution in [0.25, 0.3) is 21.9 Å². The number of aryl methyl sites for hydroxylation is 1. The van der Waals surface area contributed by atoms with Gasteiger partial charge in [-0.3, -0.25) is 5.10 Å². The second-order valence-electron chi connectivity index (χ2n) is 3.54. The topological polar surface area (TPSA) is 98.3 Å². The van der Waals surface area contributed by atoms with Gasteiger partial charge in [0.25, 0.3) is 0 Å². The molecular formula is C10H8N4O2. The summed E-state index contributed by atoms with van der Waals surface area (Å²) in [5, 5.41) is 21.5. The van der Waals surface area contributed by atoms with Crippen molar-refractivity contribution >= 4 is 27.6 Å². The molecule has 0 saturated carbocycles. The maximum atomic E-state index is 10.0. The SMILES string of the molecule is Cc1[nH]nc2c1c(O)c(N=N)c1occc12. The first kappa shape index (κ1) is 8.90. The number of H-pyrrole nitrogens is 1. The number of hydrogen-bond acceptors (Lipinski definition) is 5. The summed E-state index contributed by atoms with van der Waals surface area (Å²) in [6, 6.07) is 1.74. The summed E-state index contributed by atoms with van der Waals surface area (Å²) in [5.41, 5.74) is 8.96. The lowest BCUT2D eigenvalue weighted by Crippen LogP contribution is -1.76. The smallest absolute Gasteiger partial charge is 0.171 e. The first-order valence-corrected chi connectivity index (χ1v) is 4.68. The number of rotatable bonds is 1. The predicted octanol–water partition coefficient (Wildman–Crippen LogP) is 2.99. The van der Waals surface area contributed by atoms with Crippen molar-refractivity contribution in [2.24, 2.45) is 5.11 Å². The molecule has 3 aromatic rings. The maximum absolute atomic E-state index is 10.0. The fourth-order valence-corrected chi connectivity index (χ4v) is 1.92. The third-order valence-electron chi connectivity index (χ3n) is 2.66. The number of hydrogen-bond donors (Lipinski definition) is 3. The summed E-state index contributed by atoms with van der Waals surface area (Å²) in [4.78, 5) is 0. The highest BCUT2D eigenvalue weighted by Gasteiger charge is 2.19. The van der Waals surface area contributed by atoms with Crippen molar-refractivity contribution in [3.8, 4) is 5.75 Å². The molecule has 0 radical (unpaired) electrons. The van der Waals surface area contributed by atoms with Crippen LogP contribution in [-0.4, -0.2) is 15.3 Å². The fourth-order valence-electron chi connectivity index (χ4n) is 1.92. The van der Waals surface area contributed by atoms with Crippen LogP contribution in [0.15, 0.2) is 21.9 Å². The molecule has 3 N–H and O–H groups in total. The van der Waals surface area contributed by atoms with Gasteiger partial charge in [0.1, 0.15) is 5.52 Å². The van der Waals surface area contributed by atoms with Gasteiger partial charge in [0, 0.05) is 5.69 Å². The zero-order chi connectivity index (χ0) is 11.3. The largest absolute Gasteiger partial charge is 0.505 e. The van der Waals surface area contributed by atoms with Crippen molar-refractivity contribution in [3.63, 3.8) is 0 Å². The lowest BCUT2D eigenvalue weighted by Gasteiger charge is -2.00. The van der Waals surface area contributed by atoms with E-state index < -0.39 is 0 Å². The highest BCUT2D eigenvalue weighted by Crippen LogP contribution is 2.43. The van der Waals surface area contributed by atoms with E-state index in [1.807, 2.05) is 0 Å². The number of nitrogens with zero attached hydrogens (tertiary/aromatic N) is 2. The molecule has 1 aromatic carbocycles. The molecule has 2 heterocycles. The van der Waals surface area contributed by atoms with Gasteiger partial charge in [0.05, 0.1) is 17.0 Å². The van der Waals surface area contributed by atoms with Crippen LogP contribution in [0.3, 0.4) is 0 Å². The third-order valence-corrected chi connectivity index (χ3v) is 2.66. The second kappa shape index (κ2) is 2.82. The van der Waals surface area contributed by atoms with Gasteiger partial charge in [0.15, 0.2) is 17.0 Å². The molecule has 6 nitrogen and oxygen atoms in total. The van der Waals surface area contributed by atoms with Gasteiger partial charge in [-0.2, -0.15) is 10.2 Å². The van der Waals surface area contributed by atoms with E-state index in [9.17, 15) is 5.11 Å². The predicted molar refractivity (Wildman–Crippen MR) is 57.1 cm³/mol. The molecule has 2 aromatic heterocycles. The number of aromatic nitrogens is 2. The molecule has 6 heteroatoms. The van der Waals surface area contributed by atoms with Crippen molar-refractivity contribution in [1.29, 1.82) is 5.53 Å². The Morgan fingerprint density at radius 1 is 1.56 bits per heavy atom. The number of fused-ring (bicyclic) bond motifs is 3. The Kier molecular flexibility index (Phi) is 1.57. The van der Waals surface area contributed by atoms with E-state index in [4.69, 9.17) is 9.95 Å². The normalized spacial score (nSPS) is 11.3. The fraction of sp³-hybridized carbons (Fsp3) is 0.100. The molecular weight excluding hydrogens is 208 g/mol. The summed E-state index contributed by atoms with van der Waals surface area (Å²) < 4.78 is 5.21. The van der Waals surface area contributed by atoms with Crippen molar-refractivity contribution in [2.75, 3.05) is 0 Å². The van der Waals surface area contributed by atoms with Crippen molar-refractivity contribution < 1.29 is 9.52 Å². The Balaban J connectivity index is 2.70. The molecule has 0 spiro atoms. The lowest BCUT2D eigenvalue weighted by atomic mass is 10.1. The number of phenolic OH excluding ortho intramolecular Hbond substituents is 1. The highest BCUT2D eigenvalue weighted by atomic mass is 16.3. The number of aromatic amines is 1. The Morgan fingerprint density at radius 2 is 2.38 bits per heavy atom. The highest BCUT2D eigenvalue weighted by molar-refractivity contribution is 6.12. The van der Waals surface area contributed by atoms with Crippen molar-refractivity contribution in [1.82, 2.24) is 10.2 Å². The Labute approximate surface area is 89.4 Å². The summed E-state index contributed by atoms with van der Waals surface area (Å²) in [7, 11) is 0. The molecule has 3 rings (SSSR count). The van der Waals surface area contributed by atoms with Crippen LogP contribution in [0, 0.1) is 12.5 Å². The van der Waals surface area contributed by atoms with Crippen LogP contribution in [0.4, 0.5) is 5.69 Å². The van der Waals surface area contributed by atoms with Crippen molar-refractivity contribution in [2.45, 2.75) is 6.92 Å². The van der Waals surface area contributed by atoms with E-state index in [1.165, 1.54) is 6.26 Å². The van der Waals surface area contributed by atoms with Gasteiger partial charge in [-0.05, 0) is 13.0 Å². The second-order valence-corrected chi connectivity index (χ2v) is 3.54. The molecule has 0 unspecified atom stereocenters. The first-order chi connectivity index (χ1) is 7.74.